The quantitative estimate of drug-likeness (QED) is 0.531. The molecule has 0 bridgehead atoms. The van der Waals surface area contributed by atoms with Crippen LogP contribution in [0.3, 0.4) is 0 Å². The molecule has 35 heavy (non-hydrogen) atoms. The zero-order chi connectivity index (χ0) is 26.5. The molecule has 0 unspecified atom stereocenters. The largest absolute Gasteiger partial charge is 0.452 e. The number of ether oxygens (including phenoxy) is 1. The molecule has 1 aliphatic rings. The fourth-order valence-corrected chi connectivity index (χ4v) is 3.72. The van der Waals surface area contributed by atoms with Gasteiger partial charge in [-0.1, -0.05) is 27.7 Å². The molecule has 1 aliphatic heterocycles. The van der Waals surface area contributed by atoms with Crippen molar-refractivity contribution < 1.29 is 41.5 Å². The molecule has 0 aromatic heterocycles. The summed E-state index contributed by atoms with van der Waals surface area (Å²) >= 11 is 0. The summed E-state index contributed by atoms with van der Waals surface area (Å²) in [6.07, 6.45) is -5.49. The first kappa shape index (κ1) is 28.1. The molecular weight excluding hydrogens is 474 g/mol. The second-order valence-electron chi connectivity index (χ2n) is 8.99. The average Bonchev–Trinajstić information content (AvgIpc) is 3.25. The third-order valence-corrected chi connectivity index (χ3v) is 5.60. The zero-order valence-electron chi connectivity index (χ0n) is 19.8. The summed E-state index contributed by atoms with van der Waals surface area (Å²) < 4.78 is 56.9. The average molecular weight is 503 g/mol. The van der Waals surface area contributed by atoms with E-state index in [1.807, 2.05) is 0 Å². The van der Waals surface area contributed by atoms with Gasteiger partial charge in [0.1, 0.15) is 23.7 Å². The van der Waals surface area contributed by atoms with Crippen molar-refractivity contribution in [1.29, 1.82) is 0 Å². The number of amides is 3. The Morgan fingerprint density at radius 2 is 1.54 bits per heavy atom. The zero-order valence-corrected chi connectivity index (χ0v) is 19.8. The molecule has 0 radical (unpaired) electrons. The number of nitrogens with one attached hydrogen (secondary N) is 2. The number of alkyl halides is 3. The Hall–Kier alpha value is -3.18. The summed E-state index contributed by atoms with van der Waals surface area (Å²) in [5, 5.41) is 4.58. The highest BCUT2D eigenvalue weighted by atomic mass is 19.4. The van der Waals surface area contributed by atoms with E-state index in [0.717, 1.165) is 12.1 Å². The van der Waals surface area contributed by atoms with E-state index in [9.17, 15) is 36.7 Å². The van der Waals surface area contributed by atoms with Crippen molar-refractivity contribution in [3.05, 3.63) is 30.1 Å². The summed E-state index contributed by atoms with van der Waals surface area (Å²) in [4.78, 5) is 51.3. The highest BCUT2D eigenvalue weighted by molar-refractivity contribution is 5.96. The second kappa shape index (κ2) is 11.5. The van der Waals surface area contributed by atoms with Crippen LogP contribution in [0.2, 0.25) is 0 Å². The number of likely N-dealkylation sites (tertiary alicyclic amines) is 1. The Bertz CT molecular complexity index is 934. The van der Waals surface area contributed by atoms with Crippen molar-refractivity contribution in [2.45, 2.75) is 64.8 Å². The highest BCUT2D eigenvalue weighted by Gasteiger charge is 2.46. The van der Waals surface area contributed by atoms with E-state index in [2.05, 4.69) is 10.6 Å². The predicted molar refractivity (Wildman–Crippen MR) is 117 cm³/mol. The van der Waals surface area contributed by atoms with Gasteiger partial charge in [0, 0.05) is 6.54 Å². The van der Waals surface area contributed by atoms with Crippen LogP contribution in [0, 0.1) is 17.7 Å². The topological polar surface area (TPSA) is 105 Å². The number of carbonyl (C=O) groups is 4. The molecule has 194 valence electrons. The van der Waals surface area contributed by atoms with Gasteiger partial charge in [0.15, 0.2) is 0 Å². The van der Waals surface area contributed by atoms with Crippen LogP contribution < -0.4 is 15.4 Å². The van der Waals surface area contributed by atoms with Crippen molar-refractivity contribution in [3.8, 4) is 5.75 Å². The monoisotopic (exact) mass is 503 g/mol. The Morgan fingerprint density at radius 1 is 0.971 bits per heavy atom. The van der Waals surface area contributed by atoms with Crippen molar-refractivity contribution in [2.24, 2.45) is 11.8 Å². The van der Waals surface area contributed by atoms with Crippen molar-refractivity contribution in [3.63, 3.8) is 0 Å². The smallest absolute Gasteiger partial charge is 0.410 e. The maximum Gasteiger partial charge on any atom is 0.452 e. The standard InChI is InChI=1S/C23H29F4N3O5/c1-12(2)17(19(31)23(25,26)27)28-20(32)16-6-5-11-30(16)21(33)18(13(3)4)29-22(34)35-15-9-7-14(24)8-10-15/h7-10,12-13,16-18H,5-6,11H2,1-4H3,(H,28,32)(H,29,34)/t16-,17-,18-/m0/s1. The van der Waals surface area contributed by atoms with Crippen LogP contribution in [0.4, 0.5) is 22.4 Å². The third-order valence-electron chi connectivity index (χ3n) is 5.60. The molecule has 0 aliphatic carbocycles. The first-order valence-corrected chi connectivity index (χ1v) is 11.2. The summed E-state index contributed by atoms with van der Waals surface area (Å²) in [5.74, 6) is -5.29. The van der Waals surface area contributed by atoms with Gasteiger partial charge in [-0.3, -0.25) is 14.4 Å². The minimum Gasteiger partial charge on any atom is -0.410 e. The van der Waals surface area contributed by atoms with E-state index >= 15 is 0 Å². The van der Waals surface area contributed by atoms with E-state index < -0.39 is 65.6 Å². The highest BCUT2D eigenvalue weighted by Crippen LogP contribution is 2.24. The third kappa shape index (κ3) is 7.40. The number of Topliss-reactive ketones (excluding diaryl/α,β-unsaturated/α-hetero) is 1. The van der Waals surface area contributed by atoms with Crippen LogP contribution >= 0.6 is 0 Å². The lowest BCUT2D eigenvalue weighted by Crippen LogP contribution is -2.58. The summed E-state index contributed by atoms with van der Waals surface area (Å²) in [5.41, 5.74) is 0. The van der Waals surface area contributed by atoms with Gasteiger partial charge in [-0.2, -0.15) is 13.2 Å². The molecule has 3 atom stereocenters. The fraction of sp³-hybridized carbons (Fsp3) is 0.565. The van der Waals surface area contributed by atoms with Gasteiger partial charge in [-0.25, -0.2) is 9.18 Å². The van der Waals surface area contributed by atoms with Crippen LogP contribution in [0.15, 0.2) is 24.3 Å². The van der Waals surface area contributed by atoms with E-state index in [4.69, 9.17) is 4.74 Å². The summed E-state index contributed by atoms with van der Waals surface area (Å²) in [6.45, 7) is 6.20. The Labute approximate surface area is 200 Å². The van der Waals surface area contributed by atoms with Gasteiger partial charge >= 0.3 is 12.3 Å². The van der Waals surface area contributed by atoms with Gasteiger partial charge in [0.2, 0.25) is 11.8 Å². The van der Waals surface area contributed by atoms with Gasteiger partial charge in [-0.05, 0) is 48.9 Å². The number of hydrogen-bond donors (Lipinski definition) is 2. The van der Waals surface area contributed by atoms with Crippen LogP contribution in [0.1, 0.15) is 40.5 Å². The summed E-state index contributed by atoms with van der Waals surface area (Å²) in [7, 11) is 0. The van der Waals surface area contributed by atoms with Crippen molar-refractivity contribution >= 4 is 23.7 Å². The van der Waals surface area contributed by atoms with E-state index in [-0.39, 0.29) is 18.7 Å². The normalized spacial score (nSPS) is 17.8. The van der Waals surface area contributed by atoms with Gasteiger partial charge < -0.3 is 20.3 Å². The molecule has 1 heterocycles. The first-order chi connectivity index (χ1) is 16.2. The van der Waals surface area contributed by atoms with Crippen molar-refractivity contribution in [1.82, 2.24) is 15.5 Å². The van der Waals surface area contributed by atoms with Crippen LogP contribution in [-0.2, 0) is 14.4 Å². The Kier molecular flexibility index (Phi) is 9.22. The Morgan fingerprint density at radius 3 is 2.06 bits per heavy atom. The number of benzene rings is 1. The molecule has 0 spiro atoms. The molecule has 1 fully saturated rings. The predicted octanol–water partition coefficient (Wildman–Crippen LogP) is 3.20. The van der Waals surface area contributed by atoms with Gasteiger partial charge in [-0.15, -0.1) is 0 Å². The minimum absolute atomic E-state index is 0.0475. The number of carbonyl (C=O) groups excluding carboxylic acids is 4. The van der Waals surface area contributed by atoms with Crippen LogP contribution in [0.5, 0.6) is 5.75 Å². The molecule has 3 amide bonds. The number of ketones is 1. The Balaban J connectivity index is 2.12. The lowest BCUT2D eigenvalue weighted by Gasteiger charge is -2.31. The first-order valence-electron chi connectivity index (χ1n) is 11.2. The number of halogens is 4. The van der Waals surface area contributed by atoms with E-state index in [1.54, 1.807) is 13.8 Å². The van der Waals surface area contributed by atoms with Gasteiger partial charge in [0.25, 0.3) is 5.78 Å². The number of rotatable bonds is 8. The minimum atomic E-state index is -5.12. The second-order valence-corrected chi connectivity index (χ2v) is 8.99. The lowest BCUT2D eigenvalue weighted by atomic mass is 9.98. The molecule has 2 rings (SSSR count). The number of nitrogens with zero attached hydrogens (tertiary/aromatic N) is 1. The molecule has 0 saturated carbocycles. The van der Waals surface area contributed by atoms with Crippen molar-refractivity contribution in [2.75, 3.05) is 6.54 Å². The molecule has 1 aromatic carbocycles. The molecule has 8 nitrogen and oxygen atoms in total. The fourth-order valence-electron chi connectivity index (χ4n) is 3.72. The van der Waals surface area contributed by atoms with Gasteiger partial charge in [0.05, 0.1) is 6.04 Å². The van der Waals surface area contributed by atoms with Crippen LogP contribution in [0.25, 0.3) is 0 Å². The van der Waals surface area contributed by atoms with Crippen LogP contribution in [-0.4, -0.2) is 59.4 Å². The summed E-state index contributed by atoms with van der Waals surface area (Å²) in [6, 6.07) is 0.661. The van der Waals surface area contributed by atoms with E-state index in [0.29, 0.717) is 6.42 Å². The number of hydrogen-bond acceptors (Lipinski definition) is 5. The maximum atomic E-state index is 13.2. The lowest BCUT2D eigenvalue weighted by molar-refractivity contribution is -0.175. The molecule has 1 aromatic rings. The maximum absolute atomic E-state index is 13.2. The van der Waals surface area contributed by atoms with E-state index in [1.165, 1.54) is 30.9 Å². The molecular formula is C23H29F4N3O5. The molecule has 12 heteroatoms. The molecule has 1 saturated heterocycles. The molecule has 2 N–H and O–H groups in total. The SMILES string of the molecule is CC(C)[C@H](NC(=O)Oc1ccc(F)cc1)C(=O)N1CCC[C@H]1C(=O)N[C@H](C(=O)C(F)(F)F)C(C)C.